The van der Waals surface area contributed by atoms with Gasteiger partial charge in [0.2, 0.25) is 0 Å². The molecule has 2 aromatic heterocycles. The Morgan fingerprint density at radius 3 is 1.88 bits per heavy atom. The van der Waals surface area contributed by atoms with Crippen LogP contribution in [0.15, 0.2) is 4.79 Å². The fourth-order valence-electron chi connectivity index (χ4n) is 3.44. The molecule has 144 valence electrons. The van der Waals surface area contributed by atoms with Crippen molar-refractivity contribution in [2.75, 3.05) is 4.23 Å². The number of nitrogens with one attached hydrogen (secondary N) is 1. The van der Waals surface area contributed by atoms with E-state index in [0.29, 0.717) is 17.3 Å². The molecule has 0 aliphatic rings. The summed E-state index contributed by atoms with van der Waals surface area (Å²) in [6.07, 6.45) is 0. The first-order chi connectivity index (χ1) is 11.7. The average molecular weight is 410 g/mol. The lowest BCUT2D eigenvalue weighted by Gasteiger charge is -2.44. The molecule has 2 rings (SSSR count). The largest absolute Gasteiger partial charge is 0.396 e. The normalized spacial score (nSPS) is 13.3. The third-order valence-electron chi connectivity index (χ3n) is 4.02. The van der Waals surface area contributed by atoms with E-state index < -0.39 is 24.5 Å². The Balaban J connectivity index is 2.82. The van der Waals surface area contributed by atoms with E-state index in [0.717, 1.165) is 5.32 Å². The number of fused-ring (bicyclic) bond motifs is 1. The Morgan fingerprint density at radius 1 is 0.923 bits per heavy atom. The minimum Gasteiger partial charge on any atom is -0.396 e. The van der Waals surface area contributed by atoms with Crippen LogP contribution in [0.3, 0.4) is 0 Å². The summed E-state index contributed by atoms with van der Waals surface area (Å²) in [6.45, 7) is 19.7. The lowest BCUT2D eigenvalue weighted by molar-refractivity contribution is 0.278. The molecule has 10 heteroatoms. The van der Waals surface area contributed by atoms with E-state index in [-0.39, 0.29) is 17.7 Å². The molecule has 2 heterocycles. The molecular weight excluding hydrogens is 378 g/mol. The zero-order valence-corrected chi connectivity index (χ0v) is 20.4. The van der Waals surface area contributed by atoms with Crippen molar-refractivity contribution in [1.82, 2.24) is 19.9 Å². The molecule has 0 atom stereocenters. The summed E-state index contributed by atoms with van der Waals surface area (Å²) in [5.41, 5.74) is 0.769. The quantitative estimate of drug-likeness (QED) is 0.735. The maximum atomic E-state index is 12.7. The minimum atomic E-state index is -1.83. The van der Waals surface area contributed by atoms with Gasteiger partial charge in [-0.3, -0.25) is 9.78 Å². The maximum Gasteiger partial charge on any atom is 0.280 e. The van der Waals surface area contributed by atoms with Crippen molar-refractivity contribution in [3.05, 3.63) is 16.0 Å². The summed E-state index contributed by atoms with van der Waals surface area (Å²) in [5.74, 6) is 0.605. The second-order valence-corrected chi connectivity index (χ2v) is 24.7. The third-order valence-corrected chi connectivity index (χ3v) is 13.0. The molecule has 0 saturated carbocycles. The van der Waals surface area contributed by atoms with Crippen molar-refractivity contribution < 1.29 is 5.11 Å². The van der Waals surface area contributed by atoms with Crippen LogP contribution >= 0.6 is 0 Å². The third kappa shape index (κ3) is 4.13. The van der Waals surface area contributed by atoms with Gasteiger partial charge < -0.3 is 9.34 Å². The van der Waals surface area contributed by atoms with Gasteiger partial charge in [-0.25, -0.2) is 9.97 Å². The number of H-pyrrole nitrogens is 1. The molecule has 0 spiro atoms. The second-order valence-electron chi connectivity index (χ2n) is 9.67. The zero-order valence-electron chi connectivity index (χ0n) is 17.4. The van der Waals surface area contributed by atoms with Gasteiger partial charge in [0.15, 0.2) is 17.1 Å². The SMILES string of the molecule is C[Si](C)(C)c1nc2nc(N([Si](C)(C)C)[Si](C)(C)C)[nH]c(=O)c2nc1CO. The van der Waals surface area contributed by atoms with E-state index in [4.69, 9.17) is 9.97 Å². The van der Waals surface area contributed by atoms with Crippen molar-refractivity contribution in [3.8, 4) is 0 Å². The highest BCUT2D eigenvalue weighted by Gasteiger charge is 2.36. The zero-order chi connectivity index (χ0) is 20.1. The standard InChI is InChI=1S/C16H31N5O2Si3/c1-24(2,3)15-11(10-22)17-12-13(18-15)19-16(20-14(12)23)21(25(4,5)6)26(7,8)9/h22H,10H2,1-9H3,(H,18,19,20,23). The van der Waals surface area contributed by atoms with Gasteiger partial charge >= 0.3 is 0 Å². The van der Waals surface area contributed by atoms with Crippen LogP contribution < -0.4 is 15.1 Å². The molecule has 0 radical (unpaired) electrons. The van der Waals surface area contributed by atoms with E-state index in [1.54, 1.807) is 0 Å². The molecule has 0 bridgehead atoms. The minimum absolute atomic E-state index is 0.200. The number of aromatic amines is 1. The van der Waals surface area contributed by atoms with Gasteiger partial charge in [0.05, 0.1) is 12.3 Å². The fourth-order valence-corrected chi connectivity index (χ4v) is 14.4. The monoisotopic (exact) mass is 409 g/mol. The Hall–Kier alpha value is -1.37. The predicted molar refractivity (Wildman–Crippen MR) is 116 cm³/mol. The number of aliphatic hydroxyl groups excluding tert-OH is 1. The Bertz CT molecular complexity index is 865. The number of rotatable bonds is 5. The summed E-state index contributed by atoms with van der Waals surface area (Å²) in [4.78, 5) is 29.5. The first-order valence-corrected chi connectivity index (χ1v) is 19.3. The van der Waals surface area contributed by atoms with Gasteiger partial charge in [-0.2, -0.15) is 4.98 Å². The van der Waals surface area contributed by atoms with Crippen LogP contribution in [-0.2, 0) is 6.61 Å². The average Bonchev–Trinajstić information content (AvgIpc) is 2.42. The summed E-state index contributed by atoms with van der Waals surface area (Å²) in [5, 5.41) is 10.5. The first kappa shape index (κ1) is 20.9. The molecule has 2 aromatic rings. The van der Waals surface area contributed by atoms with Gasteiger partial charge in [-0.1, -0.05) is 58.9 Å². The van der Waals surface area contributed by atoms with Crippen LogP contribution in [0, 0.1) is 0 Å². The molecule has 0 fully saturated rings. The molecule has 0 aromatic carbocycles. The number of hydrogen-bond acceptors (Lipinski definition) is 6. The Morgan fingerprint density at radius 2 is 1.46 bits per heavy atom. The fraction of sp³-hybridized carbons (Fsp3) is 0.625. The van der Waals surface area contributed by atoms with E-state index in [9.17, 15) is 9.90 Å². The van der Waals surface area contributed by atoms with Crippen molar-refractivity contribution in [3.63, 3.8) is 0 Å². The molecule has 0 aliphatic carbocycles. The summed E-state index contributed by atoms with van der Waals surface area (Å²) >= 11 is 0. The van der Waals surface area contributed by atoms with E-state index in [2.05, 4.69) is 73.1 Å². The van der Waals surface area contributed by atoms with Gasteiger partial charge in [0, 0.05) is 5.32 Å². The smallest absolute Gasteiger partial charge is 0.280 e. The topological polar surface area (TPSA) is 95.0 Å². The van der Waals surface area contributed by atoms with Crippen LogP contribution in [0.4, 0.5) is 5.95 Å². The summed E-state index contributed by atoms with van der Waals surface area (Å²) in [7, 11) is -5.35. The number of aliphatic hydroxyl groups is 1. The number of anilines is 1. The van der Waals surface area contributed by atoms with E-state index in [1.807, 2.05) is 0 Å². The number of nitrogens with zero attached hydrogens (tertiary/aromatic N) is 4. The first-order valence-electron chi connectivity index (χ1n) is 8.89. The molecule has 2 N–H and O–H groups in total. The van der Waals surface area contributed by atoms with Crippen LogP contribution in [0.25, 0.3) is 11.2 Å². The van der Waals surface area contributed by atoms with Gasteiger partial charge in [-0.15, -0.1) is 0 Å². The van der Waals surface area contributed by atoms with Gasteiger partial charge in [0.25, 0.3) is 5.56 Å². The number of hydrogen-bond donors (Lipinski definition) is 2. The second kappa shape index (κ2) is 6.66. The van der Waals surface area contributed by atoms with Crippen LogP contribution in [0.2, 0.25) is 58.9 Å². The van der Waals surface area contributed by atoms with Crippen LogP contribution in [-0.4, -0.2) is 49.6 Å². The highest BCUT2D eigenvalue weighted by atomic mass is 28.4. The van der Waals surface area contributed by atoms with Gasteiger partial charge in [0.1, 0.15) is 24.5 Å². The molecule has 0 unspecified atom stereocenters. The van der Waals surface area contributed by atoms with E-state index >= 15 is 0 Å². The molecule has 0 aliphatic heterocycles. The van der Waals surface area contributed by atoms with Crippen LogP contribution in [0.5, 0.6) is 0 Å². The summed E-state index contributed by atoms with van der Waals surface area (Å²) < 4.78 is 2.36. The lowest BCUT2D eigenvalue weighted by Crippen LogP contribution is -2.60. The van der Waals surface area contributed by atoms with Crippen molar-refractivity contribution in [2.45, 2.75) is 65.5 Å². The highest BCUT2D eigenvalue weighted by molar-refractivity contribution is 6.99. The number of aromatic nitrogens is 4. The predicted octanol–water partition coefficient (Wildman–Crippen LogP) is 2.23. The van der Waals surface area contributed by atoms with Crippen LogP contribution in [0.1, 0.15) is 5.69 Å². The molecular formula is C16H31N5O2Si3. The summed E-state index contributed by atoms with van der Waals surface area (Å²) in [6, 6.07) is 0. The van der Waals surface area contributed by atoms with Crippen molar-refractivity contribution >= 4 is 47.0 Å². The van der Waals surface area contributed by atoms with Crippen molar-refractivity contribution in [1.29, 1.82) is 0 Å². The maximum absolute atomic E-state index is 12.7. The Labute approximate surface area is 158 Å². The highest BCUT2D eigenvalue weighted by Crippen LogP contribution is 2.25. The molecule has 7 nitrogen and oxygen atoms in total. The van der Waals surface area contributed by atoms with E-state index in [1.165, 1.54) is 0 Å². The van der Waals surface area contributed by atoms with Crippen molar-refractivity contribution in [2.24, 2.45) is 0 Å². The molecule has 26 heavy (non-hydrogen) atoms. The molecule has 0 saturated heterocycles. The lowest BCUT2D eigenvalue weighted by atomic mass is 10.4. The van der Waals surface area contributed by atoms with Gasteiger partial charge in [-0.05, 0) is 0 Å². The molecule has 0 amide bonds. The Kier molecular flexibility index (Phi) is 5.36.